The lowest BCUT2D eigenvalue weighted by molar-refractivity contribution is 0.0617. The summed E-state index contributed by atoms with van der Waals surface area (Å²) in [6.07, 6.45) is 4.57. The van der Waals surface area contributed by atoms with Crippen molar-refractivity contribution in [3.05, 3.63) is 81.2 Å². The minimum atomic E-state index is -0.178. The third-order valence-corrected chi connectivity index (χ3v) is 8.04. The molecule has 39 heavy (non-hydrogen) atoms. The maximum absolute atomic E-state index is 14.1. The predicted molar refractivity (Wildman–Crippen MR) is 156 cm³/mol. The molecule has 1 aromatic heterocycles. The molecule has 1 saturated heterocycles. The average molecular weight is 569 g/mol. The molecule has 3 heterocycles. The molecule has 0 radical (unpaired) electrons. The van der Waals surface area contributed by atoms with Gasteiger partial charge in [-0.25, -0.2) is 4.98 Å². The second-order valence-corrected chi connectivity index (χ2v) is 11.2. The van der Waals surface area contributed by atoms with Gasteiger partial charge in [-0.3, -0.25) is 19.4 Å². The lowest BCUT2D eigenvalue weighted by Crippen LogP contribution is -2.49. The Morgan fingerprint density at radius 1 is 0.949 bits per heavy atom. The van der Waals surface area contributed by atoms with E-state index in [4.69, 9.17) is 28.2 Å². The first kappa shape index (κ1) is 27.7. The fourth-order valence-corrected chi connectivity index (χ4v) is 5.69. The Bertz CT molecular complexity index is 1320. The summed E-state index contributed by atoms with van der Waals surface area (Å²) in [5.74, 6) is 1.15. The smallest absolute Gasteiger partial charge is 0.274 e. The number of carbonyl (C=O) groups is 2. The topological polar surface area (TPSA) is 61.7 Å². The summed E-state index contributed by atoms with van der Waals surface area (Å²) < 4.78 is 2.06. The number of nitrogens with zero attached hydrogens (tertiary/aromatic N) is 5. The number of aromatic nitrogens is 2. The van der Waals surface area contributed by atoms with Crippen molar-refractivity contribution in [2.75, 3.05) is 37.6 Å². The molecular weight excluding hydrogens is 533 g/mol. The summed E-state index contributed by atoms with van der Waals surface area (Å²) in [5, 5.41) is 1.24. The normalized spacial score (nSPS) is 15.7. The number of aryl methyl sites for hydroxylation is 1. The molecule has 2 aliphatic rings. The van der Waals surface area contributed by atoms with Crippen LogP contribution in [0.5, 0.6) is 0 Å². The molecule has 1 fully saturated rings. The number of hydrogen-bond donors (Lipinski definition) is 0. The number of piperazine rings is 1. The van der Waals surface area contributed by atoms with Gasteiger partial charge in [0.2, 0.25) is 0 Å². The number of carbonyl (C=O) groups excluding carboxylic acids is 2. The van der Waals surface area contributed by atoms with E-state index in [1.165, 1.54) is 5.56 Å². The summed E-state index contributed by atoms with van der Waals surface area (Å²) in [7, 11) is 0. The summed E-state index contributed by atoms with van der Waals surface area (Å²) in [5.41, 5.74) is 2.25. The zero-order valence-corrected chi connectivity index (χ0v) is 23.9. The Morgan fingerprint density at radius 3 is 2.44 bits per heavy atom. The lowest BCUT2D eigenvalue weighted by atomic mass is 10.1. The second-order valence-electron chi connectivity index (χ2n) is 10.3. The molecule has 0 unspecified atom stereocenters. The van der Waals surface area contributed by atoms with E-state index in [1.807, 2.05) is 29.2 Å². The van der Waals surface area contributed by atoms with Crippen molar-refractivity contribution in [1.29, 1.82) is 0 Å². The van der Waals surface area contributed by atoms with E-state index in [2.05, 4.69) is 16.4 Å². The van der Waals surface area contributed by atoms with Crippen LogP contribution in [0.1, 0.15) is 64.8 Å². The van der Waals surface area contributed by atoms with Gasteiger partial charge < -0.3 is 9.47 Å². The van der Waals surface area contributed by atoms with Crippen LogP contribution in [-0.4, -0.2) is 63.9 Å². The lowest BCUT2D eigenvalue weighted by Gasteiger charge is -2.35. The fourth-order valence-electron chi connectivity index (χ4n) is 5.37. The number of halogens is 2. The molecule has 0 atom stereocenters. The quantitative estimate of drug-likeness (QED) is 0.338. The van der Waals surface area contributed by atoms with Crippen molar-refractivity contribution in [2.45, 2.75) is 52.1 Å². The molecule has 2 amide bonds. The van der Waals surface area contributed by atoms with Gasteiger partial charge in [-0.05, 0) is 55.2 Å². The molecule has 0 aliphatic carbocycles. The Hall–Kier alpha value is -2.87. The number of rotatable bonds is 8. The third kappa shape index (κ3) is 6.32. The van der Waals surface area contributed by atoms with Crippen LogP contribution in [0.15, 0.2) is 48.5 Å². The standard InChI is InChI=1S/C30H35Cl2N5O2/c1-2-3-14-37(29(38)23-7-6-8-25(32)20-23)28-27(36-15-5-4-9-26(36)33-28)30(39)35-18-16-34(17-19-35)21-22-10-12-24(31)13-11-22/h6-8,10-13,20H,2-5,9,14-19,21H2,1H3. The van der Waals surface area contributed by atoms with Gasteiger partial charge in [-0.2, -0.15) is 0 Å². The minimum absolute atomic E-state index is 0.0443. The van der Waals surface area contributed by atoms with E-state index in [9.17, 15) is 9.59 Å². The molecule has 7 nitrogen and oxygen atoms in total. The van der Waals surface area contributed by atoms with E-state index in [-0.39, 0.29) is 11.8 Å². The SMILES string of the molecule is CCCCN(C(=O)c1cccc(Cl)c1)c1nc2n(c1C(=O)N1CCN(Cc3ccc(Cl)cc3)CC1)CCCC2. The van der Waals surface area contributed by atoms with Crippen molar-refractivity contribution in [2.24, 2.45) is 0 Å². The predicted octanol–water partition coefficient (Wildman–Crippen LogP) is 5.93. The average Bonchev–Trinajstić information content (AvgIpc) is 3.33. The molecule has 5 rings (SSSR count). The zero-order valence-electron chi connectivity index (χ0n) is 22.4. The summed E-state index contributed by atoms with van der Waals surface area (Å²) >= 11 is 12.3. The van der Waals surface area contributed by atoms with Gasteiger partial charge in [-0.1, -0.05) is 54.7 Å². The van der Waals surface area contributed by atoms with E-state index < -0.39 is 0 Å². The van der Waals surface area contributed by atoms with Gasteiger partial charge in [0, 0.05) is 67.8 Å². The number of hydrogen-bond acceptors (Lipinski definition) is 4. The number of anilines is 1. The molecule has 9 heteroatoms. The summed E-state index contributed by atoms with van der Waals surface area (Å²) in [4.78, 5) is 38.8. The highest BCUT2D eigenvalue weighted by atomic mass is 35.5. The van der Waals surface area contributed by atoms with Crippen molar-refractivity contribution < 1.29 is 9.59 Å². The van der Waals surface area contributed by atoms with Crippen LogP contribution < -0.4 is 4.90 Å². The Labute approximate surface area is 240 Å². The van der Waals surface area contributed by atoms with Crippen molar-refractivity contribution >= 4 is 40.8 Å². The van der Waals surface area contributed by atoms with Gasteiger partial charge in [0.25, 0.3) is 11.8 Å². The van der Waals surface area contributed by atoms with Crippen LogP contribution in [0.25, 0.3) is 0 Å². The molecule has 0 bridgehead atoms. The number of fused-ring (bicyclic) bond motifs is 1. The van der Waals surface area contributed by atoms with Crippen LogP contribution in [-0.2, 0) is 19.5 Å². The van der Waals surface area contributed by atoms with E-state index in [0.29, 0.717) is 41.7 Å². The molecule has 206 valence electrons. The summed E-state index contributed by atoms with van der Waals surface area (Å²) in [6.45, 7) is 6.98. The monoisotopic (exact) mass is 567 g/mol. The number of unbranched alkanes of at least 4 members (excludes halogenated alkanes) is 1. The fraction of sp³-hybridized carbons (Fsp3) is 0.433. The van der Waals surface area contributed by atoms with Crippen LogP contribution >= 0.6 is 23.2 Å². The highest BCUT2D eigenvalue weighted by molar-refractivity contribution is 6.31. The highest BCUT2D eigenvalue weighted by Crippen LogP contribution is 2.30. The van der Waals surface area contributed by atoms with E-state index in [0.717, 1.165) is 69.1 Å². The molecule has 2 aromatic carbocycles. The van der Waals surface area contributed by atoms with Crippen LogP contribution in [0.3, 0.4) is 0 Å². The zero-order chi connectivity index (χ0) is 27.4. The Balaban J connectivity index is 1.40. The number of amides is 2. The number of benzene rings is 2. The first-order valence-corrected chi connectivity index (χ1v) is 14.6. The van der Waals surface area contributed by atoms with Gasteiger partial charge in [0.15, 0.2) is 11.5 Å². The minimum Gasteiger partial charge on any atom is -0.335 e. The van der Waals surface area contributed by atoms with Crippen molar-refractivity contribution in [1.82, 2.24) is 19.4 Å². The largest absolute Gasteiger partial charge is 0.335 e. The molecule has 0 spiro atoms. The van der Waals surface area contributed by atoms with Crippen LogP contribution in [0.4, 0.5) is 5.82 Å². The maximum Gasteiger partial charge on any atom is 0.274 e. The van der Waals surface area contributed by atoms with Gasteiger partial charge >= 0.3 is 0 Å². The van der Waals surface area contributed by atoms with Crippen LogP contribution in [0, 0.1) is 0 Å². The molecule has 0 N–H and O–H groups in total. The third-order valence-electron chi connectivity index (χ3n) is 7.55. The first-order chi connectivity index (χ1) is 18.9. The molecule has 0 saturated carbocycles. The van der Waals surface area contributed by atoms with Crippen LogP contribution in [0.2, 0.25) is 10.0 Å². The first-order valence-electron chi connectivity index (χ1n) is 13.9. The molecular formula is C30H35Cl2N5O2. The maximum atomic E-state index is 14.1. The van der Waals surface area contributed by atoms with Crippen molar-refractivity contribution in [3.63, 3.8) is 0 Å². The van der Waals surface area contributed by atoms with E-state index in [1.54, 1.807) is 29.2 Å². The van der Waals surface area contributed by atoms with Gasteiger partial charge in [0.05, 0.1) is 0 Å². The van der Waals surface area contributed by atoms with Gasteiger partial charge in [-0.15, -0.1) is 0 Å². The molecule has 3 aromatic rings. The summed E-state index contributed by atoms with van der Waals surface area (Å²) in [6, 6.07) is 14.9. The Morgan fingerprint density at radius 2 is 1.72 bits per heavy atom. The Kier molecular flexibility index (Phi) is 8.90. The molecule has 2 aliphatic heterocycles. The second kappa shape index (κ2) is 12.5. The van der Waals surface area contributed by atoms with Crippen molar-refractivity contribution in [3.8, 4) is 0 Å². The van der Waals surface area contributed by atoms with E-state index >= 15 is 0 Å². The van der Waals surface area contributed by atoms with Gasteiger partial charge in [0.1, 0.15) is 5.82 Å². The number of imidazole rings is 1. The highest BCUT2D eigenvalue weighted by Gasteiger charge is 2.34.